The SMILES string of the molecule is CCOC(=O)CCCCCCOC(=O)CC(=O)O. The van der Waals surface area contributed by atoms with E-state index < -0.39 is 18.4 Å². The number of carboxylic acids is 1. The molecule has 18 heavy (non-hydrogen) atoms. The van der Waals surface area contributed by atoms with E-state index in [1.54, 1.807) is 6.92 Å². The molecular formula is C12H20O6. The molecule has 1 N–H and O–H groups in total. The average molecular weight is 260 g/mol. The number of carbonyl (C=O) groups excluding carboxylic acids is 2. The molecule has 0 bridgehead atoms. The topological polar surface area (TPSA) is 89.9 Å². The summed E-state index contributed by atoms with van der Waals surface area (Å²) in [5.74, 6) is -2.09. The summed E-state index contributed by atoms with van der Waals surface area (Å²) >= 11 is 0. The Labute approximate surface area is 106 Å². The van der Waals surface area contributed by atoms with E-state index >= 15 is 0 Å². The van der Waals surface area contributed by atoms with Gasteiger partial charge in [0.2, 0.25) is 0 Å². The highest BCUT2D eigenvalue weighted by Crippen LogP contribution is 2.04. The predicted octanol–water partition coefficient (Wildman–Crippen LogP) is 1.52. The zero-order valence-electron chi connectivity index (χ0n) is 10.6. The van der Waals surface area contributed by atoms with Gasteiger partial charge in [0.05, 0.1) is 13.2 Å². The average Bonchev–Trinajstić information content (AvgIpc) is 2.27. The van der Waals surface area contributed by atoms with Crippen LogP contribution in [0.1, 0.15) is 45.4 Å². The largest absolute Gasteiger partial charge is 0.481 e. The number of ether oxygens (including phenoxy) is 2. The molecule has 6 heteroatoms. The highest BCUT2D eigenvalue weighted by Gasteiger charge is 2.08. The van der Waals surface area contributed by atoms with Crippen molar-refractivity contribution in [3.63, 3.8) is 0 Å². The van der Waals surface area contributed by atoms with Crippen LogP contribution in [-0.2, 0) is 23.9 Å². The molecule has 0 amide bonds. The highest BCUT2D eigenvalue weighted by atomic mass is 16.5. The molecule has 0 aromatic heterocycles. The van der Waals surface area contributed by atoms with Gasteiger partial charge < -0.3 is 14.6 Å². The van der Waals surface area contributed by atoms with Crippen molar-refractivity contribution < 1.29 is 29.0 Å². The molecule has 0 radical (unpaired) electrons. The van der Waals surface area contributed by atoms with Crippen molar-refractivity contribution >= 4 is 17.9 Å². The Balaban J connectivity index is 3.28. The van der Waals surface area contributed by atoms with Crippen LogP contribution in [-0.4, -0.2) is 36.2 Å². The fourth-order valence-electron chi connectivity index (χ4n) is 1.32. The Morgan fingerprint density at radius 1 is 0.944 bits per heavy atom. The molecule has 0 aromatic rings. The maximum Gasteiger partial charge on any atom is 0.317 e. The van der Waals surface area contributed by atoms with Gasteiger partial charge in [0.15, 0.2) is 0 Å². The number of unbranched alkanes of at least 4 members (excludes halogenated alkanes) is 3. The Bertz CT molecular complexity index is 274. The number of carboxylic acid groups (broad SMARTS) is 1. The second-order valence-electron chi connectivity index (χ2n) is 3.76. The van der Waals surface area contributed by atoms with Crippen LogP contribution >= 0.6 is 0 Å². The number of esters is 2. The van der Waals surface area contributed by atoms with Crippen LogP contribution < -0.4 is 0 Å². The van der Waals surface area contributed by atoms with E-state index in [1.807, 2.05) is 0 Å². The maximum absolute atomic E-state index is 11.0. The molecule has 0 saturated carbocycles. The lowest BCUT2D eigenvalue weighted by molar-refractivity contribution is -0.151. The van der Waals surface area contributed by atoms with E-state index in [0.717, 1.165) is 19.3 Å². The fraction of sp³-hybridized carbons (Fsp3) is 0.750. The first-order chi connectivity index (χ1) is 8.56. The molecule has 0 spiro atoms. The van der Waals surface area contributed by atoms with Gasteiger partial charge in [-0.2, -0.15) is 0 Å². The van der Waals surface area contributed by atoms with Crippen LogP contribution in [0.15, 0.2) is 0 Å². The fourth-order valence-corrected chi connectivity index (χ4v) is 1.32. The number of rotatable bonds is 10. The molecule has 0 aliphatic heterocycles. The molecule has 0 fully saturated rings. The predicted molar refractivity (Wildman–Crippen MR) is 62.9 cm³/mol. The van der Waals surface area contributed by atoms with Crippen LogP contribution in [0, 0.1) is 0 Å². The van der Waals surface area contributed by atoms with Gasteiger partial charge in [-0.05, 0) is 19.8 Å². The molecule has 0 saturated heterocycles. The van der Waals surface area contributed by atoms with Gasteiger partial charge in [0.1, 0.15) is 6.42 Å². The zero-order valence-corrected chi connectivity index (χ0v) is 10.6. The summed E-state index contributed by atoms with van der Waals surface area (Å²) < 4.78 is 9.48. The minimum absolute atomic E-state index is 0.189. The molecule has 0 rings (SSSR count). The van der Waals surface area contributed by atoms with Crippen LogP contribution in [0.3, 0.4) is 0 Å². The van der Waals surface area contributed by atoms with E-state index in [2.05, 4.69) is 0 Å². The highest BCUT2D eigenvalue weighted by molar-refractivity contribution is 5.90. The Hall–Kier alpha value is -1.59. The third-order valence-electron chi connectivity index (χ3n) is 2.14. The summed E-state index contributed by atoms with van der Waals surface area (Å²) in [7, 11) is 0. The minimum atomic E-state index is -1.19. The van der Waals surface area contributed by atoms with Crippen LogP contribution in [0.4, 0.5) is 0 Å². The quantitative estimate of drug-likeness (QED) is 0.364. The summed E-state index contributed by atoms with van der Waals surface area (Å²) in [6.45, 7) is 2.40. The lowest BCUT2D eigenvalue weighted by Crippen LogP contribution is -2.11. The van der Waals surface area contributed by atoms with E-state index in [0.29, 0.717) is 19.4 Å². The first-order valence-corrected chi connectivity index (χ1v) is 6.09. The van der Waals surface area contributed by atoms with Crippen LogP contribution in [0.2, 0.25) is 0 Å². The van der Waals surface area contributed by atoms with Gasteiger partial charge in [-0.15, -0.1) is 0 Å². The van der Waals surface area contributed by atoms with Crippen molar-refractivity contribution in [3.8, 4) is 0 Å². The van der Waals surface area contributed by atoms with Gasteiger partial charge in [-0.3, -0.25) is 14.4 Å². The van der Waals surface area contributed by atoms with Gasteiger partial charge >= 0.3 is 17.9 Å². The number of hydrogen-bond acceptors (Lipinski definition) is 5. The minimum Gasteiger partial charge on any atom is -0.481 e. The maximum atomic E-state index is 11.0. The van der Waals surface area contributed by atoms with Crippen molar-refractivity contribution in [1.82, 2.24) is 0 Å². The molecule has 0 aromatic carbocycles. The van der Waals surface area contributed by atoms with Crippen LogP contribution in [0.25, 0.3) is 0 Å². The molecule has 0 heterocycles. The third kappa shape index (κ3) is 10.9. The Morgan fingerprint density at radius 2 is 1.61 bits per heavy atom. The van der Waals surface area contributed by atoms with E-state index in [1.165, 1.54) is 0 Å². The number of hydrogen-bond donors (Lipinski definition) is 1. The summed E-state index contributed by atoms with van der Waals surface area (Å²) in [4.78, 5) is 32.0. The van der Waals surface area contributed by atoms with Crippen molar-refractivity contribution in [2.75, 3.05) is 13.2 Å². The molecule has 104 valence electrons. The monoisotopic (exact) mass is 260 g/mol. The molecule has 0 aliphatic rings. The van der Waals surface area contributed by atoms with Gasteiger partial charge in [0.25, 0.3) is 0 Å². The standard InChI is InChI=1S/C12H20O6/c1-2-17-11(15)7-5-3-4-6-8-18-12(16)9-10(13)14/h2-9H2,1H3,(H,13,14). The number of carbonyl (C=O) groups is 3. The first-order valence-electron chi connectivity index (χ1n) is 6.09. The van der Waals surface area contributed by atoms with Crippen molar-refractivity contribution in [3.05, 3.63) is 0 Å². The van der Waals surface area contributed by atoms with E-state index in [4.69, 9.17) is 14.6 Å². The molecule has 0 atom stereocenters. The van der Waals surface area contributed by atoms with Crippen molar-refractivity contribution in [2.24, 2.45) is 0 Å². The third-order valence-corrected chi connectivity index (χ3v) is 2.14. The summed E-state index contributed by atoms with van der Waals surface area (Å²) in [6, 6.07) is 0. The zero-order chi connectivity index (χ0) is 13.8. The van der Waals surface area contributed by atoms with Crippen LogP contribution in [0.5, 0.6) is 0 Å². The summed E-state index contributed by atoms with van der Waals surface area (Å²) in [5, 5.41) is 8.31. The lowest BCUT2D eigenvalue weighted by Gasteiger charge is -2.03. The molecular weight excluding hydrogens is 240 g/mol. The van der Waals surface area contributed by atoms with Gasteiger partial charge in [0, 0.05) is 6.42 Å². The summed E-state index contributed by atoms with van der Waals surface area (Å²) in [6.07, 6.45) is 2.93. The van der Waals surface area contributed by atoms with Crippen molar-refractivity contribution in [2.45, 2.75) is 45.4 Å². The second kappa shape index (κ2) is 10.6. The van der Waals surface area contributed by atoms with Gasteiger partial charge in [-0.1, -0.05) is 12.8 Å². The normalized spacial score (nSPS) is 9.83. The van der Waals surface area contributed by atoms with E-state index in [9.17, 15) is 14.4 Å². The van der Waals surface area contributed by atoms with Gasteiger partial charge in [-0.25, -0.2) is 0 Å². The lowest BCUT2D eigenvalue weighted by atomic mass is 10.1. The van der Waals surface area contributed by atoms with E-state index in [-0.39, 0.29) is 12.6 Å². The number of aliphatic carboxylic acids is 1. The second-order valence-corrected chi connectivity index (χ2v) is 3.76. The molecule has 6 nitrogen and oxygen atoms in total. The molecule has 0 aliphatic carbocycles. The Morgan fingerprint density at radius 3 is 2.22 bits per heavy atom. The first kappa shape index (κ1) is 16.4. The Kier molecular flexibility index (Phi) is 9.62. The molecule has 0 unspecified atom stereocenters. The smallest absolute Gasteiger partial charge is 0.317 e. The summed E-state index contributed by atoms with van der Waals surface area (Å²) in [5.41, 5.74) is 0. The van der Waals surface area contributed by atoms with Crippen molar-refractivity contribution in [1.29, 1.82) is 0 Å².